The van der Waals surface area contributed by atoms with E-state index in [0.29, 0.717) is 18.1 Å². The largest absolute Gasteiger partial charge is 0.497 e. The fraction of sp³-hybridized carbons (Fsp3) is 0.364. The van der Waals surface area contributed by atoms with Crippen molar-refractivity contribution in [3.8, 4) is 5.75 Å². The van der Waals surface area contributed by atoms with Crippen LogP contribution in [0.5, 0.6) is 5.75 Å². The SMILES string of the molecule is COCC(CSc1ccc(OC)cc1)=NO. The maximum atomic E-state index is 8.69. The molecule has 0 aliphatic heterocycles. The average molecular weight is 241 g/mol. The molecule has 0 aliphatic carbocycles. The molecule has 0 unspecified atom stereocenters. The van der Waals surface area contributed by atoms with Gasteiger partial charge in [-0.25, -0.2) is 0 Å². The van der Waals surface area contributed by atoms with E-state index in [2.05, 4.69) is 5.16 Å². The van der Waals surface area contributed by atoms with Gasteiger partial charge in [0.2, 0.25) is 0 Å². The van der Waals surface area contributed by atoms with Crippen molar-refractivity contribution in [2.24, 2.45) is 5.16 Å². The lowest BCUT2D eigenvalue weighted by Gasteiger charge is -2.04. The monoisotopic (exact) mass is 241 g/mol. The van der Waals surface area contributed by atoms with E-state index in [1.165, 1.54) is 0 Å². The summed E-state index contributed by atoms with van der Waals surface area (Å²) in [5.74, 6) is 1.44. The van der Waals surface area contributed by atoms with Crippen LogP contribution in [0.4, 0.5) is 0 Å². The molecule has 88 valence electrons. The highest BCUT2D eigenvalue weighted by Gasteiger charge is 2.01. The molecular weight excluding hydrogens is 226 g/mol. The number of nitrogens with zero attached hydrogens (tertiary/aromatic N) is 1. The molecule has 0 saturated carbocycles. The normalized spacial score (nSPS) is 11.5. The van der Waals surface area contributed by atoms with Gasteiger partial charge >= 0.3 is 0 Å². The molecule has 0 radical (unpaired) electrons. The van der Waals surface area contributed by atoms with Crippen LogP contribution in [0.15, 0.2) is 34.3 Å². The number of oxime groups is 1. The van der Waals surface area contributed by atoms with E-state index < -0.39 is 0 Å². The summed E-state index contributed by atoms with van der Waals surface area (Å²) in [5.41, 5.74) is 0.614. The molecule has 0 atom stereocenters. The van der Waals surface area contributed by atoms with Gasteiger partial charge in [-0.3, -0.25) is 0 Å². The zero-order valence-electron chi connectivity index (χ0n) is 9.34. The van der Waals surface area contributed by atoms with Gasteiger partial charge in [-0.05, 0) is 24.3 Å². The second kappa shape index (κ2) is 7.14. The highest BCUT2D eigenvalue weighted by atomic mass is 32.2. The summed E-state index contributed by atoms with van der Waals surface area (Å²) >= 11 is 1.59. The molecule has 1 aromatic rings. The van der Waals surface area contributed by atoms with E-state index >= 15 is 0 Å². The van der Waals surface area contributed by atoms with Crippen LogP contribution in [0.3, 0.4) is 0 Å². The lowest BCUT2D eigenvalue weighted by atomic mass is 10.3. The number of hydrogen-bond donors (Lipinski definition) is 1. The molecule has 0 spiro atoms. The molecule has 16 heavy (non-hydrogen) atoms. The Balaban J connectivity index is 2.47. The second-order valence-electron chi connectivity index (χ2n) is 3.06. The first kappa shape index (κ1) is 12.9. The Morgan fingerprint density at radius 3 is 2.50 bits per heavy atom. The second-order valence-corrected chi connectivity index (χ2v) is 4.11. The van der Waals surface area contributed by atoms with Gasteiger partial charge in [0.15, 0.2) is 0 Å². The molecular formula is C11H15NO3S. The molecule has 0 aliphatic rings. The molecule has 0 fully saturated rings. The summed E-state index contributed by atoms with van der Waals surface area (Å²) in [6.45, 7) is 0.347. The summed E-state index contributed by atoms with van der Waals surface area (Å²) in [7, 11) is 3.21. The fourth-order valence-electron chi connectivity index (χ4n) is 1.10. The van der Waals surface area contributed by atoms with Crippen molar-refractivity contribution in [3.63, 3.8) is 0 Å². The fourth-order valence-corrected chi connectivity index (χ4v) is 1.91. The molecule has 1 rings (SSSR count). The highest BCUT2D eigenvalue weighted by Crippen LogP contribution is 2.21. The Morgan fingerprint density at radius 2 is 2.00 bits per heavy atom. The highest BCUT2D eigenvalue weighted by molar-refractivity contribution is 8.00. The molecule has 0 bridgehead atoms. The maximum Gasteiger partial charge on any atom is 0.118 e. The predicted molar refractivity (Wildman–Crippen MR) is 64.8 cm³/mol. The number of ether oxygens (including phenoxy) is 2. The lowest BCUT2D eigenvalue weighted by Crippen LogP contribution is -2.09. The topological polar surface area (TPSA) is 51.0 Å². The first-order valence-corrected chi connectivity index (χ1v) is 5.74. The van der Waals surface area contributed by atoms with Crippen LogP contribution in [0.2, 0.25) is 0 Å². The van der Waals surface area contributed by atoms with E-state index in [-0.39, 0.29) is 0 Å². The van der Waals surface area contributed by atoms with Gasteiger partial charge in [0.05, 0.1) is 19.4 Å². The third kappa shape index (κ3) is 4.12. The Morgan fingerprint density at radius 1 is 1.31 bits per heavy atom. The first-order valence-electron chi connectivity index (χ1n) is 4.75. The average Bonchev–Trinajstić information content (AvgIpc) is 2.35. The first-order chi connectivity index (χ1) is 7.80. The minimum absolute atomic E-state index is 0.347. The third-order valence-electron chi connectivity index (χ3n) is 1.92. The summed E-state index contributed by atoms with van der Waals surface area (Å²) in [4.78, 5) is 1.10. The van der Waals surface area contributed by atoms with Crippen LogP contribution in [-0.4, -0.2) is 37.5 Å². The van der Waals surface area contributed by atoms with Crippen LogP contribution in [0.25, 0.3) is 0 Å². The summed E-state index contributed by atoms with van der Waals surface area (Å²) in [6, 6.07) is 7.72. The van der Waals surface area contributed by atoms with Crippen molar-refractivity contribution >= 4 is 17.5 Å². The number of rotatable bonds is 6. The number of benzene rings is 1. The Labute approximate surface area is 99.2 Å². The molecule has 5 heteroatoms. The van der Waals surface area contributed by atoms with Gasteiger partial charge in [-0.15, -0.1) is 11.8 Å². The van der Waals surface area contributed by atoms with Crippen LogP contribution in [0, 0.1) is 0 Å². The van der Waals surface area contributed by atoms with E-state index in [0.717, 1.165) is 10.6 Å². The van der Waals surface area contributed by atoms with Gasteiger partial charge in [0, 0.05) is 17.8 Å². The zero-order valence-corrected chi connectivity index (χ0v) is 10.2. The molecule has 0 heterocycles. The van der Waals surface area contributed by atoms with Crippen molar-refractivity contribution < 1.29 is 14.7 Å². The van der Waals surface area contributed by atoms with Crippen molar-refractivity contribution in [1.82, 2.24) is 0 Å². The van der Waals surface area contributed by atoms with E-state index in [4.69, 9.17) is 14.7 Å². The molecule has 1 N–H and O–H groups in total. The molecule has 4 nitrogen and oxygen atoms in total. The minimum Gasteiger partial charge on any atom is -0.497 e. The van der Waals surface area contributed by atoms with Crippen LogP contribution < -0.4 is 4.74 Å². The van der Waals surface area contributed by atoms with Gasteiger partial charge in [-0.2, -0.15) is 0 Å². The van der Waals surface area contributed by atoms with Gasteiger partial charge < -0.3 is 14.7 Å². The quantitative estimate of drug-likeness (QED) is 0.359. The predicted octanol–water partition coefficient (Wildman–Crippen LogP) is 2.26. The molecule has 0 aromatic heterocycles. The smallest absolute Gasteiger partial charge is 0.118 e. The molecule has 0 saturated heterocycles. The van der Waals surface area contributed by atoms with Gasteiger partial charge in [-0.1, -0.05) is 5.16 Å². The van der Waals surface area contributed by atoms with E-state index in [1.807, 2.05) is 24.3 Å². The number of hydrogen-bond acceptors (Lipinski definition) is 5. The molecule has 0 amide bonds. The molecule has 1 aromatic carbocycles. The Kier molecular flexibility index (Phi) is 5.74. The standard InChI is InChI=1S/C11H15NO3S/c1-14-7-9(12-13)8-16-11-5-3-10(15-2)4-6-11/h3-6,13H,7-8H2,1-2H3. The van der Waals surface area contributed by atoms with Crippen molar-refractivity contribution in [3.05, 3.63) is 24.3 Å². The lowest BCUT2D eigenvalue weighted by molar-refractivity contribution is 0.237. The summed E-state index contributed by atoms with van der Waals surface area (Å²) in [5, 5.41) is 11.9. The van der Waals surface area contributed by atoms with E-state index in [1.54, 1.807) is 26.0 Å². The van der Waals surface area contributed by atoms with Gasteiger partial charge in [0.1, 0.15) is 5.75 Å². The minimum atomic E-state index is 0.347. The Hall–Kier alpha value is -1.20. The zero-order chi connectivity index (χ0) is 11.8. The number of methoxy groups -OCH3 is 2. The summed E-state index contributed by atoms with van der Waals surface area (Å²) < 4.78 is 9.96. The van der Waals surface area contributed by atoms with Crippen molar-refractivity contribution in [2.45, 2.75) is 4.90 Å². The van der Waals surface area contributed by atoms with Crippen LogP contribution in [0.1, 0.15) is 0 Å². The van der Waals surface area contributed by atoms with Crippen LogP contribution >= 0.6 is 11.8 Å². The van der Waals surface area contributed by atoms with Crippen LogP contribution in [-0.2, 0) is 4.74 Å². The van der Waals surface area contributed by atoms with Gasteiger partial charge in [0.25, 0.3) is 0 Å². The number of thioether (sulfide) groups is 1. The van der Waals surface area contributed by atoms with Crippen molar-refractivity contribution in [2.75, 3.05) is 26.6 Å². The van der Waals surface area contributed by atoms with Crippen molar-refractivity contribution in [1.29, 1.82) is 0 Å². The summed E-state index contributed by atoms with van der Waals surface area (Å²) in [6.07, 6.45) is 0. The maximum absolute atomic E-state index is 8.69. The Bertz CT molecular complexity index is 338. The third-order valence-corrected chi connectivity index (χ3v) is 3.00. The van der Waals surface area contributed by atoms with E-state index in [9.17, 15) is 0 Å².